The van der Waals surface area contributed by atoms with Gasteiger partial charge in [-0.05, 0) is 53.0 Å². The minimum Gasteiger partial charge on any atom is -0.0842 e. The van der Waals surface area contributed by atoms with Crippen LogP contribution < -0.4 is 0 Å². The summed E-state index contributed by atoms with van der Waals surface area (Å²) in [6.45, 7) is 2.41. The molecule has 1 atom stereocenters. The van der Waals surface area contributed by atoms with Crippen molar-refractivity contribution in [2.75, 3.05) is 0 Å². The third-order valence-corrected chi connectivity index (χ3v) is 5.37. The molecule has 0 aliphatic heterocycles. The maximum absolute atomic E-state index is 2.41. The number of hydrogen-bond acceptors (Lipinski definition) is 0. The van der Waals surface area contributed by atoms with Crippen LogP contribution >= 0.6 is 0 Å². The van der Waals surface area contributed by atoms with Crippen molar-refractivity contribution >= 4 is 0 Å². The lowest BCUT2D eigenvalue weighted by Gasteiger charge is -2.21. The van der Waals surface area contributed by atoms with Crippen LogP contribution in [0.15, 0.2) is 84.5 Å². The molecule has 2 aromatic carbocycles. The van der Waals surface area contributed by atoms with Gasteiger partial charge >= 0.3 is 0 Å². The molecule has 0 heteroatoms. The van der Waals surface area contributed by atoms with Gasteiger partial charge in [0.15, 0.2) is 0 Å². The Morgan fingerprint density at radius 2 is 1.67 bits per heavy atom. The van der Waals surface area contributed by atoms with Gasteiger partial charge in [0, 0.05) is 5.92 Å². The Morgan fingerprint density at radius 1 is 1.00 bits per heavy atom. The van der Waals surface area contributed by atoms with E-state index in [1.165, 1.54) is 34.2 Å². The predicted molar refractivity (Wildman–Crippen MR) is 103 cm³/mol. The Kier molecular flexibility index (Phi) is 4.21. The first kappa shape index (κ1) is 15.2. The predicted octanol–water partition coefficient (Wildman–Crippen LogP) is 6.66. The molecule has 2 aliphatic rings. The molecule has 24 heavy (non-hydrogen) atoms. The molecule has 0 amide bonds. The van der Waals surface area contributed by atoms with Crippen molar-refractivity contribution in [1.82, 2.24) is 0 Å². The van der Waals surface area contributed by atoms with Crippen molar-refractivity contribution < 1.29 is 0 Å². The van der Waals surface area contributed by atoms with Crippen molar-refractivity contribution in [1.29, 1.82) is 0 Å². The molecule has 1 unspecified atom stereocenters. The summed E-state index contributed by atoms with van der Waals surface area (Å²) in [5.74, 6) is 1.19. The average Bonchev–Trinajstić information content (AvgIpc) is 3.24. The van der Waals surface area contributed by atoms with E-state index in [0.717, 1.165) is 12.8 Å². The van der Waals surface area contributed by atoms with E-state index in [-0.39, 0.29) is 0 Å². The molecule has 2 aliphatic carbocycles. The van der Waals surface area contributed by atoms with Crippen LogP contribution in [0.3, 0.4) is 0 Å². The van der Waals surface area contributed by atoms with E-state index < -0.39 is 0 Å². The van der Waals surface area contributed by atoms with E-state index in [0.29, 0.717) is 11.8 Å². The van der Waals surface area contributed by atoms with E-state index in [9.17, 15) is 0 Å². The van der Waals surface area contributed by atoms with Gasteiger partial charge in [-0.15, -0.1) is 0 Å². The summed E-state index contributed by atoms with van der Waals surface area (Å²) in [5, 5.41) is 0. The lowest BCUT2D eigenvalue weighted by Crippen LogP contribution is -2.08. The molecule has 0 aromatic heterocycles. The SMILES string of the molecule is CC(CCC=CC1=CC=CC1)C1c2ccccc2-c2ccccc21. The van der Waals surface area contributed by atoms with Gasteiger partial charge in [-0.25, -0.2) is 0 Å². The number of fused-ring (bicyclic) bond motifs is 3. The van der Waals surface area contributed by atoms with E-state index >= 15 is 0 Å². The summed E-state index contributed by atoms with van der Waals surface area (Å²) in [5.41, 5.74) is 7.32. The van der Waals surface area contributed by atoms with Crippen molar-refractivity contribution in [3.05, 3.63) is 95.6 Å². The summed E-state index contributed by atoms with van der Waals surface area (Å²) in [4.78, 5) is 0. The molecule has 120 valence electrons. The molecule has 0 nitrogen and oxygen atoms in total. The van der Waals surface area contributed by atoms with Crippen molar-refractivity contribution in [3.8, 4) is 11.1 Å². The van der Waals surface area contributed by atoms with E-state index in [4.69, 9.17) is 0 Å². The third kappa shape index (κ3) is 2.78. The molecule has 0 radical (unpaired) electrons. The smallest absolute Gasteiger partial charge is 0.0127 e. The maximum Gasteiger partial charge on any atom is 0.0127 e. The first-order valence-electron chi connectivity index (χ1n) is 9.05. The van der Waals surface area contributed by atoms with Gasteiger partial charge in [0.1, 0.15) is 0 Å². The van der Waals surface area contributed by atoms with Crippen LogP contribution in [0.2, 0.25) is 0 Å². The summed E-state index contributed by atoms with van der Waals surface area (Å²) in [7, 11) is 0. The average molecular weight is 312 g/mol. The molecule has 0 spiro atoms. The van der Waals surface area contributed by atoms with Gasteiger partial charge in [0.25, 0.3) is 0 Å². The van der Waals surface area contributed by atoms with Gasteiger partial charge in [-0.1, -0.05) is 85.8 Å². The first-order chi connectivity index (χ1) is 11.8. The normalized spacial score (nSPS) is 17.1. The van der Waals surface area contributed by atoms with Gasteiger partial charge < -0.3 is 0 Å². The van der Waals surface area contributed by atoms with Crippen LogP contribution in [0.5, 0.6) is 0 Å². The second kappa shape index (κ2) is 6.65. The fourth-order valence-electron chi connectivity index (χ4n) is 4.16. The van der Waals surface area contributed by atoms with Crippen LogP contribution in [-0.2, 0) is 0 Å². The van der Waals surface area contributed by atoms with Gasteiger partial charge in [-0.2, -0.15) is 0 Å². The number of hydrogen-bond donors (Lipinski definition) is 0. The fourth-order valence-corrected chi connectivity index (χ4v) is 4.16. The Balaban J connectivity index is 1.51. The molecule has 4 rings (SSSR count). The molecule has 0 saturated carbocycles. The maximum atomic E-state index is 2.41. The van der Waals surface area contributed by atoms with Crippen LogP contribution in [0.4, 0.5) is 0 Å². The zero-order valence-corrected chi connectivity index (χ0v) is 14.3. The minimum absolute atomic E-state index is 0.540. The summed E-state index contributed by atoms with van der Waals surface area (Å²) in [6.07, 6.45) is 14.7. The lowest BCUT2D eigenvalue weighted by atomic mass is 9.83. The highest BCUT2D eigenvalue weighted by molar-refractivity contribution is 5.78. The Labute approximate surface area is 145 Å². The molecule has 0 heterocycles. The van der Waals surface area contributed by atoms with Crippen LogP contribution in [0, 0.1) is 5.92 Å². The van der Waals surface area contributed by atoms with E-state index in [1.54, 1.807) is 0 Å². The standard InChI is InChI=1S/C24H24/c1-18(10-2-3-11-19-12-4-5-13-19)24-22-16-8-6-14-20(22)21-15-7-9-17-23(21)24/h3-9,11-12,14-18,24H,2,10,13H2,1H3. The quantitative estimate of drug-likeness (QED) is 0.579. The van der Waals surface area contributed by atoms with Crippen LogP contribution in [-0.4, -0.2) is 0 Å². The second-order valence-electron chi connectivity index (χ2n) is 6.98. The van der Waals surface area contributed by atoms with Gasteiger partial charge in [0.05, 0.1) is 0 Å². The lowest BCUT2D eigenvalue weighted by molar-refractivity contribution is 0.484. The highest BCUT2D eigenvalue weighted by Gasteiger charge is 2.31. The number of rotatable bonds is 5. The minimum atomic E-state index is 0.540. The monoisotopic (exact) mass is 312 g/mol. The van der Waals surface area contributed by atoms with Crippen LogP contribution in [0.25, 0.3) is 11.1 Å². The number of allylic oxidation sites excluding steroid dienone is 6. The largest absolute Gasteiger partial charge is 0.0842 e. The third-order valence-electron chi connectivity index (χ3n) is 5.37. The van der Waals surface area contributed by atoms with E-state index in [2.05, 4.69) is 85.8 Å². The molecule has 0 bridgehead atoms. The zero-order chi connectivity index (χ0) is 16.4. The van der Waals surface area contributed by atoms with Crippen LogP contribution in [0.1, 0.15) is 43.2 Å². The molecule has 2 aromatic rings. The van der Waals surface area contributed by atoms with Gasteiger partial charge in [0.2, 0.25) is 0 Å². The summed E-state index contributed by atoms with van der Waals surface area (Å²) in [6, 6.07) is 17.9. The number of benzene rings is 2. The highest BCUT2D eigenvalue weighted by atomic mass is 14.3. The summed E-state index contributed by atoms with van der Waals surface area (Å²) < 4.78 is 0. The molecule has 0 saturated heterocycles. The Hall–Kier alpha value is -2.34. The van der Waals surface area contributed by atoms with Crippen molar-refractivity contribution in [2.24, 2.45) is 5.92 Å². The topological polar surface area (TPSA) is 0 Å². The first-order valence-corrected chi connectivity index (χ1v) is 9.05. The Morgan fingerprint density at radius 3 is 2.29 bits per heavy atom. The van der Waals surface area contributed by atoms with Crippen molar-refractivity contribution in [2.45, 2.75) is 32.1 Å². The fraction of sp³-hybridized carbons (Fsp3) is 0.250. The van der Waals surface area contributed by atoms with Gasteiger partial charge in [-0.3, -0.25) is 0 Å². The summed E-state index contributed by atoms with van der Waals surface area (Å²) >= 11 is 0. The molecule has 0 N–H and O–H groups in total. The zero-order valence-electron chi connectivity index (χ0n) is 14.3. The molecule has 0 fully saturated rings. The molecular formula is C24H24. The second-order valence-corrected chi connectivity index (χ2v) is 6.98. The highest BCUT2D eigenvalue weighted by Crippen LogP contribution is 2.48. The Bertz CT molecular complexity index is 774. The van der Waals surface area contributed by atoms with E-state index in [1.807, 2.05) is 0 Å². The van der Waals surface area contributed by atoms with Crippen molar-refractivity contribution in [3.63, 3.8) is 0 Å². The molecular weight excluding hydrogens is 288 g/mol.